The molecule has 0 aliphatic rings. The van der Waals surface area contributed by atoms with Crippen molar-refractivity contribution >= 4 is 26.6 Å². The van der Waals surface area contributed by atoms with Crippen LogP contribution in [-0.4, -0.2) is 24.4 Å². The number of fused-ring (bicyclic) bond motifs is 1. The number of hydrogen-bond donors (Lipinski definition) is 1. The van der Waals surface area contributed by atoms with Gasteiger partial charge in [-0.2, -0.15) is 0 Å². The van der Waals surface area contributed by atoms with Crippen LogP contribution in [-0.2, 0) is 26.9 Å². The molecular weight excluding hydrogens is 379 g/mol. The summed E-state index contributed by atoms with van der Waals surface area (Å²) in [5.74, 6) is -1.22. The summed E-state index contributed by atoms with van der Waals surface area (Å²) in [4.78, 5) is 12.4. The van der Waals surface area contributed by atoms with E-state index in [2.05, 4.69) is 5.32 Å². The van der Waals surface area contributed by atoms with Crippen LogP contribution in [0.1, 0.15) is 26.3 Å². The van der Waals surface area contributed by atoms with E-state index in [1.807, 2.05) is 20.8 Å². The summed E-state index contributed by atoms with van der Waals surface area (Å²) in [6.07, 6.45) is 1.46. The second-order valence-corrected chi connectivity index (χ2v) is 9.75. The van der Waals surface area contributed by atoms with Crippen molar-refractivity contribution in [2.75, 3.05) is 0 Å². The first-order valence-corrected chi connectivity index (χ1v) is 10.6. The molecule has 2 aromatic carbocycles. The molecule has 3 aromatic rings. The number of nitrogens with one attached hydrogen (secondary N) is 1. The van der Waals surface area contributed by atoms with E-state index in [0.29, 0.717) is 10.9 Å². The number of halogens is 1. The molecule has 0 aliphatic heterocycles. The van der Waals surface area contributed by atoms with E-state index in [4.69, 9.17) is 0 Å². The zero-order valence-corrected chi connectivity index (χ0v) is 16.9. The molecule has 0 atom stereocenters. The molecule has 0 fully saturated rings. The number of nitrogens with zero attached hydrogens (tertiary/aromatic N) is 1. The maximum atomic E-state index is 14.0. The molecule has 7 heteroatoms. The zero-order chi connectivity index (χ0) is 20.5. The van der Waals surface area contributed by atoms with E-state index in [0.717, 1.165) is 0 Å². The van der Waals surface area contributed by atoms with Crippen LogP contribution in [0.5, 0.6) is 0 Å². The molecule has 5 nitrogen and oxygen atoms in total. The van der Waals surface area contributed by atoms with Crippen LogP contribution in [0.2, 0.25) is 0 Å². The number of sulfone groups is 1. The Morgan fingerprint density at radius 2 is 1.71 bits per heavy atom. The van der Waals surface area contributed by atoms with Gasteiger partial charge in [0.1, 0.15) is 12.4 Å². The Bertz CT molecular complexity index is 1130. The van der Waals surface area contributed by atoms with Crippen molar-refractivity contribution in [1.82, 2.24) is 9.88 Å². The Kier molecular flexibility index (Phi) is 5.30. The van der Waals surface area contributed by atoms with Crippen LogP contribution in [0.3, 0.4) is 0 Å². The molecule has 0 unspecified atom stereocenters. The third-order valence-corrected chi connectivity index (χ3v) is 5.91. The van der Waals surface area contributed by atoms with Crippen molar-refractivity contribution in [3.63, 3.8) is 0 Å². The van der Waals surface area contributed by atoms with E-state index in [1.54, 1.807) is 34.9 Å². The Balaban J connectivity index is 2.00. The number of amides is 1. The summed E-state index contributed by atoms with van der Waals surface area (Å²) < 4.78 is 41.6. The van der Waals surface area contributed by atoms with Crippen molar-refractivity contribution in [2.24, 2.45) is 0 Å². The summed E-state index contributed by atoms with van der Waals surface area (Å²) in [5, 5.41) is 3.38. The molecule has 1 heterocycles. The van der Waals surface area contributed by atoms with Gasteiger partial charge in [-0.1, -0.05) is 36.4 Å². The van der Waals surface area contributed by atoms with Gasteiger partial charge in [0.05, 0.1) is 10.6 Å². The Morgan fingerprint density at radius 1 is 1.07 bits per heavy atom. The summed E-state index contributed by atoms with van der Waals surface area (Å²) in [6.45, 7) is 5.63. The summed E-state index contributed by atoms with van der Waals surface area (Å²) in [5.41, 5.74) is 0.364. The fourth-order valence-corrected chi connectivity index (χ4v) is 4.70. The molecule has 0 saturated carbocycles. The van der Waals surface area contributed by atoms with Crippen molar-refractivity contribution < 1.29 is 17.6 Å². The van der Waals surface area contributed by atoms with E-state index in [9.17, 15) is 17.6 Å². The predicted molar refractivity (Wildman–Crippen MR) is 107 cm³/mol. The molecule has 0 radical (unpaired) electrons. The molecule has 0 spiro atoms. The highest BCUT2D eigenvalue weighted by Gasteiger charge is 2.24. The Morgan fingerprint density at radius 3 is 2.39 bits per heavy atom. The zero-order valence-electron chi connectivity index (χ0n) is 16.1. The van der Waals surface area contributed by atoms with E-state index in [-0.39, 0.29) is 28.4 Å². The van der Waals surface area contributed by atoms with Gasteiger partial charge < -0.3 is 9.88 Å². The van der Waals surface area contributed by atoms with Gasteiger partial charge >= 0.3 is 0 Å². The predicted octanol–water partition coefficient (Wildman–Crippen LogP) is 3.67. The van der Waals surface area contributed by atoms with Gasteiger partial charge in [-0.05, 0) is 32.9 Å². The maximum absolute atomic E-state index is 14.0. The highest BCUT2D eigenvalue weighted by Crippen LogP contribution is 2.28. The monoisotopic (exact) mass is 402 g/mol. The van der Waals surface area contributed by atoms with Gasteiger partial charge in [0, 0.05) is 28.2 Å². The van der Waals surface area contributed by atoms with Gasteiger partial charge in [-0.15, -0.1) is 0 Å². The largest absolute Gasteiger partial charge is 0.350 e. The standard InChI is InChI=1S/C21H23FN2O3S/c1-21(2,3)23-20(25)13-24-12-19(16-9-5-7-11-18(16)24)28(26,27)14-15-8-4-6-10-17(15)22/h4-12H,13-14H2,1-3H3,(H,23,25). The van der Waals surface area contributed by atoms with Crippen molar-refractivity contribution in [3.05, 3.63) is 66.1 Å². The number of carbonyl (C=O) groups is 1. The average Bonchev–Trinajstić information content (AvgIpc) is 2.95. The number of aromatic nitrogens is 1. The number of para-hydroxylation sites is 1. The van der Waals surface area contributed by atoms with Crippen LogP contribution in [0.25, 0.3) is 10.9 Å². The maximum Gasteiger partial charge on any atom is 0.240 e. The van der Waals surface area contributed by atoms with Gasteiger partial charge in [0.15, 0.2) is 9.84 Å². The molecular formula is C21H23FN2O3S. The summed E-state index contributed by atoms with van der Waals surface area (Å²) >= 11 is 0. The first-order valence-electron chi connectivity index (χ1n) is 8.92. The number of carbonyl (C=O) groups excluding carboxylic acids is 1. The highest BCUT2D eigenvalue weighted by atomic mass is 32.2. The molecule has 1 aromatic heterocycles. The van der Waals surface area contributed by atoms with Crippen molar-refractivity contribution in [3.8, 4) is 0 Å². The van der Waals surface area contributed by atoms with Crippen LogP contribution < -0.4 is 5.32 Å². The molecule has 0 bridgehead atoms. The highest BCUT2D eigenvalue weighted by molar-refractivity contribution is 7.90. The van der Waals surface area contributed by atoms with Crippen molar-refractivity contribution in [1.29, 1.82) is 0 Å². The minimum atomic E-state index is -3.81. The summed E-state index contributed by atoms with van der Waals surface area (Å²) in [7, 11) is -3.81. The van der Waals surface area contributed by atoms with Gasteiger partial charge in [-0.3, -0.25) is 4.79 Å². The summed E-state index contributed by atoms with van der Waals surface area (Å²) in [6, 6.07) is 12.8. The van der Waals surface area contributed by atoms with Gasteiger partial charge in [-0.25, -0.2) is 12.8 Å². The molecule has 1 N–H and O–H groups in total. The minimum absolute atomic E-state index is 0.00694. The Labute approximate surface area is 164 Å². The average molecular weight is 402 g/mol. The van der Waals surface area contributed by atoms with E-state index in [1.165, 1.54) is 24.4 Å². The normalized spacial score (nSPS) is 12.3. The number of benzene rings is 2. The lowest BCUT2D eigenvalue weighted by Crippen LogP contribution is -2.42. The lowest BCUT2D eigenvalue weighted by Gasteiger charge is -2.20. The van der Waals surface area contributed by atoms with Gasteiger partial charge in [0.25, 0.3) is 0 Å². The SMILES string of the molecule is CC(C)(C)NC(=O)Cn1cc(S(=O)(=O)Cc2ccccc2F)c2ccccc21. The smallest absolute Gasteiger partial charge is 0.240 e. The van der Waals surface area contributed by atoms with Crippen molar-refractivity contribution in [2.45, 2.75) is 43.5 Å². The van der Waals surface area contributed by atoms with Gasteiger partial charge in [0.2, 0.25) is 5.91 Å². The van der Waals surface area contributed by atoms with Crippen LogP contribution >= 0.6 is 0 Å². The first-order chi connectivity index (χ1) is 13.1. The third-order valence-electron chi connectivity index (χ3n) is 4.22. The Hall–Kier alpha value is -2.67. The number of hydrogen-bond acceptors (Lipinski definition) is 3. The molecule has 148 valence electrons. The first kappa shape index (κ1) is 20.1. The van der Waals surface area contributed by atoms with Crippen LogP contribution in [0, 0.1) is 5.82 Å². The molecule has 28 heavy (non-hydrogen) atoms. The topological polar surface area (TPSA) is 68.2 Å². The van der Waals surface area contributed by atoms with E-state index < -0.39 is 21.4 Å². The minimum Gasteiger partial charge on any atom is -0.350 e. The van der Waals surface area contributed by atoms with Crippen LogP contribution in [0.4, 0.5) is 4.39 Å². The quantitative estimate of drug-likeness (QED) is 0.708. The molecule has 1 amide bonds. The lowest BCUT2D eigenvalue weighted by atomic mass is 10.1. The molecule has 3 rings (SSSR count). The fourth-order valence-electron chi connectivity index (χ4n) is 3.10. The second kappa shape index (κ2) is 7.39. The second-order valence-electron chi connectivity index (χ2n) is 7.79. The number of rotatable bonds is 5. The third kappa shape index (κ3) is 4.42. The molecule has 0 saturated heterocycles. The fraction of sp³-hybridized carbons (Fsp3) is 0.286. The lowest BCUT2D eigenvalue weighted by molar-refractivity contribution is -0.123. The molecule has 0 aliphatic carbocycles. The van der Waals surface area contributed by atoms with Crippen LogP contribution in [0.15, 0.2) is 59.6 Å². The van der Waals surface area contributed by atoms with E-state index >= 15 is 0 Å².